The predicted octanol–water partition coefficient (Wildman–Crippen LogP) is 4.73. The lowest BCUT2D eigenvalue weighted by Gasteiger charge is -2.25. The van der Waals surface area contributed by atoms with E-state index in [0.717, 1.165) is 60.8 Å². The fraction of sp³-hybridized carbons (Fsp3) is 0.368. The third kappa shape index (κ3) is 4.14. The Kier molecular flexibility index (Phi) is 5.94. The zero-order valence-corrected chi connectivity index (χ0v) is 16.1. The van der Waals surface area contributed by atoms with Gasteiger partial charge >= 0.3 is 0 Å². The van der Waals surface area contributed by atoms with Gasteiger partial charge in [-0.1, -0.05) is 49.2 Å². The van der Waals surface area contributed by atoms with Gasteiger partial charge in [0.15, 0.2) is 0 Å². The molecule has 4 nitrogen and oxygen atoms in total. The molecule has 0 fully saturated rings. The summed E-state index contributed by atoms with van der Waals surface area (Å²) in [6, 6.07) is 6.36. The van der Waals surface area contributed by atoms with Gasteiger partial charge in [0, 0.05) is 42.0 Å². The summed E-state index contributed by atoms with van der Waals surface area (Å²) in [5, 5.41) is 4.66. The Labute approximate surface area is 159 Å². The van der Waals surface area contributed by atoms with Gasteiger partial charge in [0.25, 0.3) is 0 Å². The monoisotopic (exact) mass is 378 g/mol. The summed E-state index contributed by atoms with van der Waals surface area (Å²) < 4.78 is 0. The van der Waals surface area contributed by atoms with Crippen molar-refractivity contribution >= 4 is 40.1 Å². The summed E-state index contributed by atoms with van der Waals surface area (Å²) in [5.74, 6) is 0. The molecule has 0 unspecified atom stereocenters. The lowest BCUT2D eigenvalue weighted by atomic mass is 9.98. The number of benzene rings is 1. The van der Waals surface area contributed by atoms with Gasteiger partial charge in [-0.2, -0.15) is 0 Å². The maximum atomic E-state index is 6.28. The second-order valence-corrected chi connectivity index (χ2v) is 6.92. The van der Waals surface area contributed by atoms with E-state index < -0.39 is 0 Å². The first-order chi connectivity index (χ1) is 12.1. The Hall–Kier alpha value is -1.62. The van der Waals surface area contributed by atoms with E-state index in [2.05, 4.69) is 53.1 Å². The fourth-order valence-electron chi connectivity index (χ4n) is 3.07. The molecule has 6 heteroatoms. The van der Waals surface area contributed by atoms with Gasteiger partial charge in [-0.15, -0.1) is 0 Å². The van der Waals surface area contributed by atoms with Crippen molar-refractivity contribution in [1.29, 1.82) is 0 Å². The average Bonchev–Trinajstić information content (AvgIpc) is 2.77. The van der Waals surface area contributed by atoms with Crippen molar-refractivity contribution < 1.29 is 0 Å². The molecule has 25 heavy (non-hydrogen) atoms. The molecule has 0 amide bonds. The zero-order valence-electron chi connectivity index (χ0n) is 14.6. The molecule has 0 atom stereocenters. The molecular weight excluding hydrogens is 355 g/mol. The second-order valence-electron chi connectivity index (χ2n) is 6.10. The van der Waals surface area contributed by atoms with Gasteiger partial charge in [-0.05, 0) is 31.3 Å². The first-order valence-corrected chi connectivity index (χ1v) is 9.47. The van der Waals surface area contributed by atoms with Crippen LogP contribution in [0.2, 0.25) is 0 Å². The van der Waals surface area contributed by atoms with Crippen LogP contribution in [0.5, 0.6) is 0 Å². The molecular formula is C19H24Cl2N4. The molecule has 134 valence electrons. The standard InChI is InChI=1S/C19H24Cl2N4/c1-3-25(4-2)10-9-22-13-5-6-14-15-12-17(21)16(20)7-8-18(15)23-24-19(14)11-13/h5-7,11-12,22-24H,3-4,8-10H2,1-2H3. The first-order valence-electron chi connectivity index (χ1n) is 8.71. The van der Waals surface area contributed by atoms with Crippen LogP contribution in [0, 0.1) is 0 Å². The van der Waals surface area contributed by atoms with Crippen molar-refractivity contribution in [2.75, 3.05) is 36.9 Å². The molecule has 0 radical (unpaired) electrons. The number of hydrogen-bond acceptors (Lipinski definition) is 4. The molecule has 0 saturated carbocycles. The second kappa shape index (κ2) is 8.17. The molecule has 0 saturated heterocycles. The van der Waals surface area contributed by atoms with Crippen molar-refractivity contribution in [3.05, 3.63) is 51.7 Å². The fourth-order valence-corrected chi connectivity index (χ4v) is 3.39. The third-order valence-corrected chi connectivity index (χ3v) is 5.39. The summed E-state index contributed by atoms with van der Waals surface area (Å²) in [5.41, 5.74) is 12.0. The van der Waals surface area contributed by atoms with E-state index in [0.29, 0.717) is 10.1 Å². The van der Waals surface area contributed by atoms with E-state index >= 15 is 0 Å². The number of allylic oxidation sites excluding steroid dienone is 5. The van der Waals surface area contributed by atoms with Crippen molar-refractivity contribution in [3.8, 4) is 0 Å². The Balaban J connectivity index is 1.76. The van der Waals surface area contributed by atoms with E-state index in [9.17, 15) is 0 Å². The number of fused-ring (bicyclic) bond motifs is 2. The highest BCUT2D eigenvalue weighted by atomic mass is 35.5. The van der Waals surface area contributed by atoms with Gasteiger partial charge < -0.3 is 21.1 Å². The lowest BCUT2D eigenvalue weighted by Crippen LogP contribution is -2.29. The van der Waals surface area contributed by atoms with Crippen LogP contribution in [0.4, 0.5) is 11.4 Å². The van der Waals surface area contributed by atoms with E-state index in [1.165, 1.54) is 0 Å². The molecule has 2 aliphatic rings. The van der Waals surface area contributed by atoms with Gasteiger partial charge in [0.1, 0.15) is 0 Å². The maximum Gasteiger partial charge on any atom is 0.0639 e. The minimum absolute atomic E-state index is 0.572. The van der Waals surface area contributed by atoms with Crippen LogP contribution < -0.4 is 16.2 Å². The van der Waals surface area contributed by atoms with Gasteiger partial charge in [-0.25, -0.2) is 0 Å². The van der Waals surface area contributed by atoms with Crippen molar-refractivity contribution in [2.24, 2.45) is 0 Å². The highest BCUT2D eigenvalue weighted by molar-refractivity contribution is 6.44. The summed E-state index contributed by atoms with van der Waals surface area (Å²) >= 11 is 12.4. The topological polar surface area (TPSA) is 39.3 Å². The van der Waals surface area contributed by atoms with Crippen LogP contribution in [0.25, 0.3) is 5.57 Å². The molecule has 1 aliphatic carbocycles. The number of halogens is 2. The number of hydrogen-bond donors (Lipinski definition) is 3. The van der Waals surface area contributed by atoms with Crippen molar-refractivity contribution in [3.63, 3.8) is 0 Å². The van der Waals surface area contributed by atoms with Crippen LogP contribution in [0.15, 0.2) is 46.1 Å². The minimum Gasteiger partial charge on any atom is -0.384 e. The van der Waals surface area contributed by atoms with Crippen molar-refractivity contribution in [1.82, 2.24) is 10.3 Å². The molecule has 1 aromatic carbocycles. The van der Waals surface area contributed by atoms with Crippen LogP contribution in [0.1, 0.15) is 25.8 Å². The molecule has 1 aliphatic heterocycles. The predicted molar refractivity (Wildman–Crippen MR) is 109 cm³/mol. The normalized spacial score (nSPS) is 16.2. The summed E-state index contributed by atoms with van der Waals surface area (Å²) in [4.78, 5) is 2.40. The Morgan fingerprint density at radius 2 is 1.92 bits per heavy atom. The van der Waals surface area contributed by atoms with Gasteiger partial charge in [-0.3, -0.25) is 0 Å². The smallest absolute Gasteiger partial charge is 0.0639 e. The van der Waals surface area contributed by atoms with Crippen LogP contribution in [-0.2, 0) is 0 Å². The number of hydrazine groups is 1. The van der Waals surface area contributed by atoms with Gasteiger partial charge in [0.2, 0.25) is 0 Å². The Morgan fingerprint density at radius 1 is 1.12 bits per heavy atom. The third-order valence-electron chi connectivity index (χ3n) is 4.62. The average molecular weight is 379 g/mol. The molecule has 3 N–H and O–H groups in total. The summed E-state index contributed by atoms with van der Waals surface area (Å²) in [6.07, 6.45) is 4.58. The molecule has 1 aromatic rings. The molecule has 1 heterocycles. The first kappa shape index (κ1) is 18.2. The van der Waals surface area contributed by atoms with E-state index in [4.69, 9.17) is 23.2 Å². The lowest BCUT2D eigenvalue weighted by molar-refractivity contribution is 0.316. The molecule has 0 aromatic heterocycles. The number of rotatable bonds is 6. The van der Waals surface area contributed by atoms with E-state index in [1.54, 1.807) is 0 Å². The van der Waals surface area contributed by atoms with Crippen molar-refractivity contribution in [2.45, 2.75) is 20.3 Å². The number of nitrogens with one attached hydrogen (secondary N) is 3. The van der Waals surface area contributed by atoms with Gasteiger partial charge in [0.05, 0.1) is 15.8 Å². The molecule has 0 bridgehead atoms. The Morgan fingerprint density at radius 3 is 2.68 bits per heavy atom. The quantitative estimate of drug-likeness (QED) is 0.668. The number of nitrogens with zero attached hydrogens (tertiary/aromatic N) is 1. The van der Waals surface area contributed by atoms with Crippen LogP contribution in [-0.4, -0.2) is 31.1 Å². The number of likely N-dealkylation sites (N-methyl/N-ethyl adjacent to an activating group) is 1. The highest BCUT2D eigenvalue weighted by Gasteiger charge is 2.20. The number of anilines is 2. The SMILES string of the molecule is CCN(CC)CCNc1ccc2c(c1)NNC1=C2C=C(Cl)C(Cl)=CC1. The summed E-state index contributed by atoms with van der Waals surface area (Å²) in [6.45, 7) is 8.50. The van der Waals surface area contributed by atoms with Crippen LogP contribution in [0.3, 0.4) is 0 Å². The van der Waals surface area contributed by atoms with E-state index in [1.807, 2.05) is 12.2 Å². The highest BCUT2D eigenvalue weighted by Crippen LogP contribution is 2.37. The van der Waals surface area contributed by atoms with Crippen LogP contribution >= 0.6 is 23.2 Å². The minimum atomic E-state index is 0.572. The molecule has 3 rings (SSSR count). The van der Waals surface area contributed by atoms with E-state index in [-0.39, 0.29) is 0 Å². The molecule has 0 spiro atoms. The largest absolute Gasteiger partial charge is 0.384 e. The maximum absolute atomic E-state index is 6.28. The summed E-state index contributed by atoms with van der Waals surface area (Å²) in [7, 11) is 0. The Bertz CT molecular complexity index is 733. The zero-order chi connectivity index (χ0) is 17.8.